The van der Waals surface area contributed by atoms with E-state index >= 15 is 0 Å². The fraction of sp³-hybridized carbons (Fsp3) is 0. The van der Waals surface area contributed by atoms with Crippen LogP contribution in [0.2, 0.25) is 5.02 Å². The van der Waals surface area contributed by atoms with E-state index in [1.807, 2.05) is 0 Å². The van der Waals surface area contributed by atoms with E-state index in [4.69, 9.17) is 11.6 Å². The van der Waals surface area contributed by atoms with Crippen molar-refractivity contribution < 1.29 is 8.78 Å². The molecule has 54 valence electrons. The van der Waals surface area contributed by atoms with Crippen molar-refractivity contribution in [1.82, 2.24) is 0 Å². The lowest BCUT2D eigenvalue weighted by Gasteiger charge is -1.96. The maximum absolute atomic E-state index is 12.5. The summed E-state index contributed by atoms with van der Waals surface area (Å²) in [5, 5.41) is 0.166. The summed E-state index contributed by atoms with van der Waals surface area (Å²) >= 11 is 8.22. The average molecular weight is 227 g/mol. The first-order valence-corrected chi connectivity index (χ1v) is 3.59. The molecule has 4 heteroatoms. The van der Waals surface area contributed by atoms with Gasteiger partial charge in [-0.25, -0.2) is 8.78 Å². The van der Waals surface area contributed by atoms with E-state index in [1.165, 1.54) is 6.07 Å². The SMILES string of the molecule is Fc1ccc(Cl)c(Br)c1F. The lowest BCUT2D eigenvalue weighted by atomic mass is 10.3. The van der Waals surface area contributed by atoms with Crippen molar-refractivity contribution in [3.8, 4) is 0 Å². The highest BCUT2D eigenvalue weighted by atomic mass is 79.9. The molecule has 0 heterocycles. The summed E-state index contributed by atoms with van der Waals surface area (Å²) in [6, 6.07) is 2.26. The number of rotatable bonds is 0. The van der Waals surface area contributed by atoms with E-state index in [1.54, 1.807) is 0 Å². The van der Waals surface area contributed by atoms with Crippen LogP contribution in [0.3, 0.4) is 0 Å². The number of hydrogen-bond acceptors (Lipinski definition) is 0. The lowest BCUT2D eigenvalue weighted by molar-refractivity contribution is 0.504. The summed E-state index contributed by atoms with van der Waals surface area (Å²) < 4.78 is 24.7. The average Bonchev–Trinajstić information content (AvgIpc) is 1.93. The largest absolute Gasteiger partial charge is 0.204 e. The molecule has 0 spiro atoms. The predicted molar refractivity (Wildman–Crippen MR) is 39.1 cm³/mol. The molecular formula is C6H2BrClF2. The summed E-state index contributed by atoms with van der Waals surface area (Å²) in [6.07, 6.45) is 0. The van der Waals surface area contributed by atoms with Gasteiger partial charge in [0.15, 0.2) is 11.6 Å². The van der Waals surface area contributed by atoms with Crippen LogP contribution in [0.25, 0.3) is 0 Å². The minimum atomic E-state index is -0.951. The third-order valence-electron chi connectivity index (χ3n) is 0.988. The van der Waals surface area contributed by atoms with E-state index in [9.17, 15) is 8.78 Å². The van der Waals surface area contributed by atoms with Crippen molar-refractivity contribution >= 4 is 27.5 Å². The molecular weight excluding hydrogens is 225 g/mol. The molecule has 0 fully saturated rings. The molecule has 0 aliphatic rings. The molecule has 1 rings (SSSR count). The van der Waals surface area contributed by atoms with E-state index in [2.05, 4.69) is 15.9 Å². The van der Waals surface area contributed by atoms with Gasteiger partial charge in [0.25, 0.3) is 0 Å². The second-order valence-corrected chi connectivity index (χ2v) is 2.86. The van der Waals surface area contributed by atoms with Gasteiger partial charge in [-0.3, -0.25) is 0 Å². The van der Waals surface area contributed by atoms with Gasteiger partial charge in [0.2, 0.25) is 0 Å². The fourth-order valence-corrected chi connectivity index (χ4v) is 0.970. The van der Waals surface area contributed by atoms with E-state index in [0.717, 1.165) is 6.07 Å². The van der Waals surface area contributed by atoms with Crippen LogP contribution >= 0.6 is 27.5 Å². The Morgan fingerprint density at radius 3 is 2.40 bits per heavy atom. The quantitative estimate of drug-likeness (QED) is 0.471. The van der Waals surface area contributed by atoms with E-state index in [0.29, 0.717) is 0 Å². The van der Waals surface area contributed by atoms with Crippen molar-refractivity contribution in [2.75, 3.05) is 0 Å². The van der Waals surface area contributed by atoms with E-state index in [-0.39, 0.29) is 9.50 Å². The summed E-state index contributed by atoms with van der Waals surface area (Å²) in [7, 11) is 0. The zero-order chi connectivity index (χ0) is 7.72. The van der Waals surface area contributed by atoms with Crippen LogP contribution in [0.15, 0.2) is 16.6 Å². The van der Waals surface area contributed by atoms with Crippen LogP contribution in [0.4, 0.5) is 8.78 Å². The molecule has 0 aromatic heterocycles. The molecule has 10 heavy (non-hydrogen) atoms. The van der Waals surface area contributed by atoms with Crippen molar-refractivity contribution in [1.29, 1.82) is 0 Å². The third-order valence-corrected chi connectivity index (χ3v) is 2.31. The normalized spacial score (nSPS) is 10.0. The van der Waals surface area contributed by atoms with Crippen LogP contribution in [0.5, 0.6) is 0 Å². The molecule has 0 aliphatic carbocycles. The van der Waals surface area contributed by atoms with Crippen molar-refractivity contribution in [2.45, 2.75) is 0 Å². The second-order valence-electron chi connectivity index (χ2n) is 1.66. The Morgan fingerprint density at radius 1 is 1.30 bits per heavy atom. The first-order valence-electron chi connectivity index (χ1n) is 2.42. The molecule has 0 saturated carbocycles. The van der Waals surface area contributed by atoms with Gasteiger partial charge < -0.3 is 0 Å². The standard InChI is InChI=1S/C6H2BrClF2/c7-5-3(8)1-2-4(9)6(5)10/h1-2H. The molecule has 0 bridgehead atoms. The monoisotopic (exact) mass is 226 g/mol. The molecule has 0 atom stereocenters. The van der Waals surface area contributed by atoms with Crippen LogP contribution in [0, 0.1) is 11.6 Å². The summed E-state index contributed by atoms with van der Waals surface area (Å²) in [5.74, 6) is -1.86. The Morgan fingerprint density at radius 2 is 1.90 bits per heavy atom. The molecule has 0 radical (unpaired) electrons. The molecule has 0 nitrogen and oxygen atoms in total. The maximum atomic E-state index is 12.5. The predicted octanol–water partition coefficient (Wildman–Crippen LogP) is 3.38. The summed E-state index contributed by atoms with van der Waals surface area (Å²) in [4.78, 5) is 0. The topological polar surface area (TPSA) is 0 Å². The molecule has 1 aromatic rings. The lowest BCUT2D eigenvalue weighted by Crippen LogP contribution is -1.84. The van der Waals surface area contributed by atoms with Crippen LogP contribution in [-0.4, -0.2) is 0 Å². The Bertz CT molecular complexity index is 235. The van der Waals surface area contributed by atoms with Gasteiger partial charge in [-0.05, 0) is 28.1 Å². The first-order chi connectivity index (χ1) is 4.63. The summed E-state index contributed by atoms with van der Waals surface area (Å²) in [6.45, 7) is 0. The number of benzene rings is 1. The van der Waals surface area contributed by atoms with Crippen molar-refractivity contribution in [3.63, 3.8) is 0 Å². The van der Waals surface area contributed by atoms with Gasteiger partial charge in [0.05, 0.1) is 9.50 Å². The van der Waals surface area contributed by atoms with Crippen LogP contribution < -0.4 is 0 Å². The van der Waals surface area contributed by atoms with Crippen LogP contribution in [-0.2, 0) is 0 Å². The zero-order valence-electron chi connectivity index (χ0n) is 4.67. The molecule has 0 N–H and O–H groups in total. The number of hydrogen-bond donors (Lipinski definition) is 0. The van der Waals surface area contributed by atoms with Crippen molar-refractivity contribution in [3.05, 3.63) is 33.3 Å². The first kappa shape index (κ1) is 7.95. The summed E-state index contributed by atoms with van der Waals surface area (Å²) in [5.41, 5.74) is 0. The van der Waals surface area contributed by atoms with Gasteiger partial charge in [-0.1, -0.05) is 11.6 Å². The van der Waals surface area contributed by atoms with Gasteiger partial charge in [0.1, 0.15) is 0 Å². The van der Waals surface area contributed by atoms with E-state index < -0.39 is 11.6 Å². The van der Waals surface area contributed by atoms with Gasteiger partial charge in [0, 0.05) is 0 Å². The highest BCUT2D eigenvalue weighted by molar-refractivity contribution is 9.10. The Kier molecular flexibility index (Phi) is 2.26. The minimum absolute atomic E-state index is 0.0332. The third kappa shape index (κ3) is 1.30. The Hall–Kier alpha value is -0.150. The fourth-order valence-electron chi connectivity index (χ4n) is 0.502. The van der Waals surface area contributed by atoms with Crippen LogP contribution in [0.1, 0.15) is 0 Å². The zero-order valence-corrected chi connectivity index (χ0v) is 7.01. The smallest absolute Gasteiger partial charge is 0.174 e. The molecule has 1 aromatic carbocycles. The number of halogens is 4. The van der Waals surface area contributed by atoms with Gasteiger partial charge >= 0.3 is 0 Å². The minimum Gasteiger partial charge on any atom is -0.204 e. The highest BCUT2D eigenvalue weighted by Crippen LogP contribution is 2.26. The van der Waals surface area contributed by atoms with Gasteiger partial charge in [-0.15, -0.1) is 0 Å². The molecule has 0 unspecified atom stereocenters. The Balaban J connectivity index is 3.34. The maximum Gasteiger partial charge on any atom is 0.174 e. The molecule has 0 saturated heterocycles. The molecule has 0 aliphatic heterocycles. The molecule has 0 amide bonds. The van der Waals surface area contributed by atoms with Crippen molar-refractivity contribution in [2.24, 2.45) is 0 Å². The van der Waals surface area contributed by atoms with Gasteiger partial charge in [-0.2, -0.15) is 0 Å². The Labute approximate surface area is 69.9 Å². The second kappa shape index (κ2) is 2.84. The highest BCUT2D eigenvalue weighted by Gasteiger charge is 2.08.